The second-order valence-corrected chi connectivity index (χ2v) is 7.64. The number of carbonyl (C=O) groups excluding carboxylic acids is 2. The topological polar surface area (TPSA) is 79.6 Å². The molecule has 7 heteroatoms. The van der Waals surface area contributed by atoms with Crippen molar-refractivity contribution in [2.24, 2.45) is 11.3 Å². The first-order valence-corrected chi connectivity index (χ1v) is 9.60. The van der Waals surface area contributed by atoms with Crippen molar-refractivity contribution < 1.29 is 9.59 Å². The van der Waals surface area contributed by atoms with Gasteiger partial charge < -0.3 is 10.2 Å². The van der Waals surface area contributed by atoms with E-state index in [0.29, 0.717) is 23.9 Å². The van der Waals surface area contributed by atoms with Crippen LogP contribution in [0, 0.1) is 11.3 Å². The lowest BCUT2D eigenvalue weighted by atomic mass is 9.70. The van der Waals surface area contributed by atoms with Crippen LogP contribution in [0.1, 0.15) is 42.6 Å². The smallest absolute Gasteiger partial charge is 0.271 e. The van der Waals surface area contributed by atoms with E-state index >= 15 is 0 Å². The molecule has 2 aliphatic rings. The Kier molecular flexibility index (Phi) is 4.68. The number of imidazole rings is 1. The van der Waals surface area contributed by atoms with Crippen LogP contribution in [0.4, 0.5) is 0 Å². The molecule has 1 saturated heterocycles. The number of hydrogen-bond donors (Lipinski definition) is 1. The summed E-state index contributed by atoms with van der Waals surface area (Å²) in [6, 6.07) is 1.81. The largest absolute Gasteiger partial charge is 0.350 e. The number of fused-ring (bicyclic) bond motifs is 1. The van der Waals surface area contributed by atoms with E-state index in [1.165, 1.54) is 18.9 Å². The molecule has 4 rings (SSSR count). The van der Waals surface area contributed by atoms with Gasteiger partial charge in [0.05, 0.1) is 0 Å². The zero-order valence-corrected chi connectivity index (χ0v) is 15.4. The molecule has 1 aliphatic carbocycles. The molecule has 0 bridgehead atoms. The van der Waals surface area contributed by atoms with Gasteiger partial charge in [0, 0.05) is 38.2 Å². The van der Waals surface area contributed by atoms with Crippen LogP contribution < -0.4 is 5.32 Å². The average molecular weight is 367 g/mol. The van der Waals surface area contributed by atoms with Gasteiger partial charge in [0.2, 0.25) is 11.7 Å². The number of hydrogen-bond acceptors (Lipinski definition) is 4. The van der Waals surface area contributed by atoms with Gasteiger partial charge in [0.25, 0.3) is 5.91 Å². The third-order valence-electron chi connectivity index (χ3n) is 6.32. The monoisotopic (exact) mass is 367 g/mol. The average Bonchev–Trinajstić information content (AvgIpc) is 3.30. The van der Waals surface area contributed by atoms with Gasteiger partial charge in [-0.2, -0.15) is 0 Å². The highest BCUT2D eigenvalue weighted by molar-refractivity contribution is 5.92. The molecule has 1 saturated carbocycles. The van der Waals surface area contributed by atoms with Gasteiger partial charge in [-0.05, 0) is 49.2 Å². The summed E-state index contributed by atoms with van der Waals surface area (Å²) in [6.07, 6.45) is 12.1. The Labute approximate surface area is 158 Å². The van der Waals surface area contributed by atoms with Crippen LogP contribution in [0.2, 0.25) is 0 Å². The zero-order chi connectivity index (χ0) is 18.9. The first-order chi connectivity index (χ1) is 13.1. The Hall–Kier alpha value is -2.70. The van der Waals surface area contributed by atoms with E-state index < -0.39 is 0 Å². The van der Waals surface area contributed by atoms with Crippen molar-refractivity contribution in [3.63, 3.8) is 0 Å². The van der Waals surface area contributed by atoms with Crippen molar-refractivity contribution in [2.75, 3.05) is 19.6 Å². The summed E-state index contributed by atoms with van der Waals surface area (Å²) in [5, 5.41) is 3.08. The maximum Gasteiger partial charge on any atom is 0.271 e. The van der Waals surface area contributed by atoms with Gasteiger partial charge in [0.15, 0.2) is 0 Å². The van der Waals surface area contributed by atoms with Crippen molar-refractivity contribution in [1.29, 1.82) is 0 Å². The minimum atomic E-state index is -0.151. The molecule has 1 atom stereocenters. The summed E-state index contributed by atoms with van der Waals surface area (Å²) in [5.74, 6) is 0.854. The van der Waals surface area contributed by atoms with Crippen molar-refractivity contribution >= 4 is 17.6 Å². The Bertz CT molecular complexity index is 833. The van der Waals surface area contributed by atoms with Crippen molar-refractivity contribution in [3.05, 3.63) is 43.0 Å². The molecule has 2 amide bonds. The van der Waals surface area contributed by atoms with E-state index in [9.17, 15) is 9.59 Å². The molecule has 1 aliphatic heterocycles. The van der Waals surface area contributed by atoms with Crippen molar-refractivity contribution in [2.45, 2.75) is 32.1 Å². The number of nitrogens with one attached hydrogen (secondary N) is 1. The highest BCUT2D eigenvalue weighted by Crippen LogP contribution is 2.50. The van der Waals surface area contributed by atoms with Crippen LogP contribution >= 0.6 is 0 Å². The first kappa shape index (κ1) is 17.7. The molecule has 2 aromatic rings. The summed E-state index contributed by atoms with van der Waals surface area (Å²) >= 11 is 0. The van der Waals surface area contributed by atoms with Crippen LogP contribution in [-0.4, -0.2) is 50.7 Å². The number of amides is 2. The first-order valence-electron chi connectivity index (χ1n) is 9.60. The molecule has 1 unspecified atom stereocenters. The Morgan fingerprint density at radius 2 is 2.15 bits per heavy atom. The lowest BCUT2D eigenvalue weighted by molar-refractivity contribution is -0.128. The van der Waals surface area contributed by atoms with E-state index in [4.69, 9.17) is 0 Å². The standard InChI is InChI=1S/C20H25N5O2/c1-2-17(26)24-11-7-20(8-12-24)6-3-5-15(20)13-22-18(27)16-14-25-10-4-9-21-19(25)23-16/h2,4,9-10,14-15H,1,3,5-8,11-13H2,(H,22,27). The number of nitrogens with zero attached hydrogens (tertiary/aromatic N) is 4. The number of piperidine rings is 1. The normalized spacial score (nSPS) is 21.5. The number of aromatic nitrogens is 3. The van der Waals surface area contributed by atoms with Gasteiger partial charge in [-0.1, -0.05) is 13.0 Å². The third kappa shape index (κ3) is 3.34. The van der Waals surface area contributed by atoms with E-state index in [1.807, 2.05) is 17.2 Å². The highest BCUT2D eigenvalue weighted by atomic mass is 16.2. The number of carbonyl (C=O) groups is 2. The van der Waals surface area contributed by atoms with Crippen molar-refractivity contribution in [1.82, 2.24) is 24.6 Å². The van der Waals surface area contributed by atoms with Gasteiger partial charge in [-0.25, -0.2) is 9.97 Å². The second-order valence-electron chi connectivity index (χ2n) is 7.64. The molecule has 2 aromatic heterocycles. The second kappa shape index (κ2) is 7.13. The maximum atomic E-state index is 12.5. The number of likely N-dealkylation sites (tertiary alicyclic amines) is 1. The van der Waals surface area contributed by atoms with E-state index in [2.05, 4.69) is 21.9 Å². The minimum absolute atomic E-state index is 0.0214. The van der Waals surface area contributed by atoms with Crippen LogP contribution in [0.3, 0.4) is 0 Å². The molecule has 0 radical (unpaired) electrons. The van der Waals surface area contributed by atoms with Gasteiger partial charge >= 0.3 is 0 Å². The lowest BCUT2D eigenvalue weighted by Crippen LogP contribution is -2.46. The Morgan fingerprint density at radius 1 is 1.33 bits per heavy atom. The fourth-order valence-electron chi connectivity index (χ4n) is 4.74. The van der Waals surface area contributed by atoms with Crippen LogP contribution in [-0.2, 0) is 4.79 Å². The molecule has 1 N–H and O–H groups in total. The molecule has 1 spiro atoms. The van der Waals surface area contributed by atoms with Gasteiger partial charge in [-0.3, -0.25) is 14.0 Å². The third-order valence-corrected chi connectivity index (χ3v) is 6.32. The molecule has 142 valence electrons. The van der Waals surface area contributed by atoms with Gasteiger partial charge in [-0.15, -0.1) is 0 Å². The quantitative estimate of drug-likeness (QED) is 0.839. The minimum Gasteiger partial charge on any atom is -0.350 e. The molecule has 27 heavy (non-hydrogen) atoms. The molecular weight excluding hydrogens is 342 g/mol. The summed E-state index contributed by atoms with van der Waals surface area (Å²) in [4.78, 5) is 34.7. The highest BCUT2D eigenvalue weighted by Gasteiger charge is 2.44. The lowest BCUT2D eigenvalue weighted by Gasteiger charge is -2.43. The van der Waals surface area contributed by atoms with E-state index in [0.717, 1.165) is 32.4 Å². The zero-order valence-electron chi connectivity index (χ0n) is 15.4. The Morgan fingerprint density at radius 3 is 2.89 bits per heavy atom. The van der Waals surface area contributed by atoms with Gasteiger partial charge in [0.1, 0.15) is 5.69 Å². The summed E-state index contributed by atoms with van der Waals surface area (Å²) in [6.45, 7) is 5.81. The molecular formula is C20H25N5O2. The van der Waals surface area contributed by atoms with Crippen LogP contribution in [0.25, 0.3) is 5.78 Å². The molecule has 7 nitrogen and oxygen atoms in total. The SMILES string of the molecule is C=CC(=O)N1CCC2(CCCC2CNC(=O)c2cn3cccnc3n2)CC1. The maximum absolute atomic E-state index is 12.5. The predicted octanol–water partition coefficient (Wildman–Crippen LogP) is 2.05. The van der Waals surface area contributed by atoms with E-state index in [-0.39, 0.29) is 17.2 Å². The van der Waals surface area contributed by atoms with Crippen molar-refractivity contribution in [3.8, 4) is 0 Å². The molecule has 3 heterocycles. The summed E-state index contributed by atoms with van der Waals surface area (Å²) in [7, 11) is 0. The molecule has 2 fully saturated rings. The number of rotatable bonds is 4. The fraction of sp³-hybridized carbons (Fsp3) is 0.500. The Balaban J connectivity index is 1.38. The predicted molar refractivity (Wildman–Crippen MR) is 101 cm³/mol. The summed E-state index contributed by atoms with van der Waals surface area (Å²) < 4.78 is 1.75. The van der Waals surface area contributed by atoms with Crippen LogP contribution in [0.5, 0.6) is 0 Å². The summed E-state index contributed by atoms with van der Waals surface area (Å²) in [5.41, 5.74) is 0.637. The fourth-order valence-corrected chi connectivity index (χ4v) is 4.74. The van der Waals surface area contributed by atoms with E-state index in [1.54, 1.807) is 16.8 Å². The molecule has 0 aromatic carbocycles. The van der Waals surface area contributed by atoms with Crippen LogP contribution in [0.15, 0.2) is 37.3 Å².